The number of nitrogens with zero attached hydrogens (tertiary/aromatic N) is 4. The second-order valence-electron chi connectivity index (χ2n) is 5.57. The highest BCUT2D eigenvalue weighted by Crippen LogP contribution is 2.27. The average Bonchev–Trinajstić information content (AvgIpc) is 3.08. The Morgan fingerprint density at radius 1 is 1.00 bits per heavy atom. The van der Waals surface area contributed by atoms with Crippen LogP contribution in [-0.2, 0) is 6.42 Å². The number of hydrogen-bond acceptors (Lipinski definition) is 5. The number of pyridine rings is 1. The fourth-order valence-electron chi connectivity index (χ4n) is 2.54. The van der Waals surface area contributed by atoms with E-state index in [4.69, 9.17) is 28.2 Å². The molecule has 0 saturated carbocycles. The number of aromatic nitrogens is 4. The lowest BCUT2D eigenvalue weighted by Crippen LogP contribution is -2.00. The number of halogens is 2. The first kappa shape index (κ1) is 16.4. The van der Waals surface area contributed by atoms with Crippen LogP contribution in [0.5, 0.6) is 0 Å². The van der Waals surface area contributed by atoms with Gasteiger partial charge in [0.1, 0.15) is 10.4 Å². The standard InChI is InChI=1S/C18H12Cl2N4S/c1-10-6-7-13(17-23-16(20)15-18(24-17)21-9-25-15)22-14(10)8-11-4-2-3-5-12(11)19/h2-7,9H,8H2,1H3. The molecule has 0 atom stereocenters. The van der Waals surface area contributed by atoms with E-state index in [1.54, 1.807) is 5.51 Å². The van der Waals surface area contributed by atoms with E-state index in [-0.39, 0.29) is 0 Å². The molecule has 25 heavy (non-hydrogen) atoms. The summed E-state index contributed by atoms with van der Waals surface area (Å²) in [6.07, 6.45) is 0.645. The van der Waals surface area contributed by atoms with Crippen molar-refractivity contribution in [3.63, 3.8) is 0 Å². The molecule has 0 bridgehead atoms. The van der Waals surface area contributed by atoms with Crippen LogP contribution in [0, 0.1) is 6.92 Å². The highest BCUT2D eigenvalue weighted by molar-refractivity contribution is 7.17. The molecule has 4 aromatic rings. The van der Waals surface area contributed by atoms with Crippen LogP contribution in [0.4, 0.5) is 0 Å². The molecule has 0 amide bonds. The maximum atomic E-state index is 6.28. The van der Waals surface area contributed by atoms with E-state index in [0.717, 1.165) is 26.5 Å². The van der Waals surface area contributed by atoms with Crippen molar-refractivity contribution in [1.29, 1.82) is 0 Å². The van der Waals surface area contributed by atoms with Gasteiger partial charge in [-0.3, -0.25) is 0 Å². The summed E-state index contributed by atoms with van der Waals surface area (Å²) in [5, 5.41) is 1.13. The molecule has 0 saturated heterocycles. The first-order chi connectivity index (χ1) is 12.1. The van der Waals surface area contributed by atoms with Crippen molar-refractivity contribution in [2.75, 3.05) is 0 Å². The van der Waals surface area contributed by atoms with Crippen molar-refractivity contribution in [1.82, 2.24) is 19.9 Å². The molecular formula is C18H12Cl2N4S. The first-order valence-corrected chi connectivity index (χ1v) is 9.22. The van der Waals surface area contributed by atoms with E-state index in [0.29, 0.717) is 28.7 Å². The average molecular weight is 387 g/mol. The lowest BCUT2D eigenvalue weighted by Gasteiger charge is -2.09. The zero-order valence-electron chi connectivity index (χ0n) is 13.2. The Labute approximate surface area is 158 Å². The molecule has 0 aliphatic rings. The van der Waals surface area contributed by atoms with Gasteiger partial charge in [-0.1, -0.05) is 47.5 Å². The van der Waals surface area contributed by atoms with Gasteiger partial charge in [-0.25, -0.2) is 19.9 Å². The van der Waals surface area contributed by atoms with Gasteiger partial charge in [0.2, 0.25) is 0 Å². The zero-order valence-corrected chi connectivity index (χ0v) is 15.5. The summed E-state index contributed by atoms with van der Waals surface area (Å²) in [5.74, 6) is 0.476. The van der Waals surface area contributed by atoms with E-state index in [2.05, 4.69) is 15.0 Å². The lowest BCUT2D eigenvalue weighted by molar-refractivity contribution is 1.03. The zero-order chi connectivity index (χ0) is 17.4. The van der Waals surface area contributed by atoms with Crippen LogP contribution < -0.4 is 0 Å². The van der Waals surface area contributed by atoms with Crippen molar-refractivity contribution < 1.29 is 0 Å². The van der Waals surface area contributed by atoms with Crippen molar-refractivity contribution in [3.8, 4) is 11.5 Å². The predicted molar refractivity (Wildman–Crippen MR) is 102 cm³/mol. The summed E-state index contributed by atoms with van der Waals surface area (Å²) in [6, 6.07) is 11.7. The van der Waals surface area contributed by atoms with Crippen LogP contribution in [-0.4, -0.2) is 19.9 Å². The van der Waals surface area contributed by atoms with Gasteiger partial charge in [-0.2, -0.15) is 0 Å². The minimum absolute atomic E-state index is 0.400. The fraction of sp³-hybridized carbons (Fsp3) is 0.111. The van der Waals surface area contributed by atoms with Gasteiger partial charge in [0, 0.05) is 17.1 Å². The van der Waals surface area contributed by atoms with Gasteiger partial charge in [-0.15, -0.1) is 11.3 Å². The Kier molecular flexibility index (Phi) is 4.37. The Morgan fingerprint density at radius 2 is 1.84 bits per heavy atom. The molecule has 124 valence electrons. The second kappa shape index (κ2) is 6.67. The lowest BCUT2D eigenvalue weighted by atomic mass is 10.1. The number of hydrogen-bond donors (Lipinski definition) is 0. The van der Waals surface area contributed by atoms with Crippen molar-refractivity contribution >= 4 is 44.9 Å². The minimum Gasteiger partial charge on any atom is -0.249 e. The van der Waals surface area contributed by atoms with E-state index >= 15 is 0 Å². The molecule has 4 nitrogen and oxygen atoms in total. The van der Waals surface area contributed by atoms with Crippen LogP contribution in [0.25, 0.3) is 21.9 Å². The Balaban J connectivity index is 1.77. The molecule has 1 aromatic carbocycles. The van der Waals surface area contributed by atoms with E-state index in [1.165, 1.54) is 11.3 Å². The summed E-state index contributed by atoms with van der Waals surface area (Å²) in [5.41, 5.74) is 6.03. The Hall–Kier alpha value is -2.08. The van der Waals surface area contributed by atoms with E-state index in [9.17, 15) is 0 Å². The normalized spacial score (nSPS) is 11.2. The van der Waals surface area contributed by atoms with Gasteiger partial charge in [-0.05, 0) is 30.2 Å². The summed E-state index contributed by atoms with van der Waals surface area (Å²) in [7, 11) is 0. The first-order valence-electron chi connectivity index (χ1n) is 7.59. The summed E-state index contributed by atoms with van der Waals surface area (Å²) in [4.78, 5) is 17.8. The van der Waals surface area contributed by atoms with E-state index < -0.39 is 0 Å². The van der Waals surface area contributed by atoms with Crippen molar-refractivity contribution in [2.24, 2.45) is 0 Å². The van der Waals surface area contributed by atoms with Crippen molar-refractivity contribution in [2.45, 2.75) is 13.3 Å². The van der Waals surface area contributed by atoms with Gasteiger partial charge in [0.25, 0.3) is 0 Å². The molecule has 0 aliphatic carbocycles. The quantitative estimate of drug-likeness (QED) is 0.445. The smallest absolute Gasteiger partial charge is 0.181 e. The molecule has 0 N–H and O–H groups in total. The molecule has 3 heterocycles. The molecule has 0 aliphatic heterocycles. The Morgan fingerprint density at radius 3 is 2.68 bits per heavy atom. The monoisotopic (exact) mass is 386 g/mol. The summed E-state index contributed by atoms with van der Waals surface area (Å²) < 4.78 is 0.786. The van der Waals surface area contributed by atoms with E-state index in [1.807, 2.05) is 43.3 Å². The number of aryl methyl sites for hydroxylation is 1. The van der Waals surface area contributed by atoms with Crippen molar-refractivity contribution in [3.05, 3.63) is 68.9 Å². The molecule has 3 aromatic heterocycles. The van der Waals surface area contributed by atoms with Gasteiger partial charge < -0.3 is 0 Å². The minimum atomic E-state index is 0.400. The topological polar surface area (TPSA) is 51.6 Å². The predicted octanol–water partition coefficient (Wildman–Crippen LogP) is 5.35. The highest BCUT2D eigenvalue weighted by atomic mass is 35.5. The number of thiazole rings is 1. The SMILES string of the molecule is Cc1ccc(-c2nc(Cl)c3scnc3n2)nc1Cc1ccccc1Cl. The summed E-state index contributed by atoms with van der Waals surface area (Å²) >= 11 is 14.0. The summed E-state index contributed by atoms with van der Waals surface area (Å²) in [6.45, 7) is 2.03. The molecule has 0 unspecified atom stereocenters. The third-order valence-corrected chi connectivity index (χ3v) is 5.48. The third kappa shape index (κ3) is 3.23. The van der Waals surface area contributed by atoms with Crippen LogP contribution >= 0.6 is 34.5 Å². The number of benzene rings is 1. The molecule has 4 rings (SSSR count). The van der Waals surface area contributed by atoms with Crippen LogP contribution in [0.15, 0.2) is 41.9 Å². The number of fused-ring (bicyclic) bond motifs is 1. The maximum absolute atomic E-state index is 6.28. The maximum Gasteiger partial charge on any atom is 0.181 e. The fourth-order valence-corrected chi connectivity index (χ4v) is 3.65. The van der Waals surface area contributed by atoms with Crippen LogP contribution in [0.2, 0.25) is 10.2 Å². The molecular weight excluding hydrogens is 375 g/mol. The van der Waals surface area contributed by atoms with Gasteiger partial charge in [0.05, 0.1) is 5.51 Å². The molecule has 0 radical (unpaired) electrons. The second-order valence-corrected chi connectivity index (χ2v) is 7.19. The van der Waals surface area contributed by atoms with Gasteiger partial charge in [0.15, 0.2) is 16.6 Å². The Bertz CT molecular complexity index is 1080. The molecule has 0 fully saturated rings. The third-order valence-electron chi connectivity index (χ3n) is 3.90. The van der Waals surface area contributed by atoms with Crippen LogP contribution in [0.3, 0.4) is 0 Å². The van der Waals surface area contributed by atoms with Gasteiger partial charge >= 0.3 is 0 Å². The largest absolute Gasteiger partial charge is 0.249 e. The van der Waals surface area contributed by atoms with Crippen LogP contribution in [0.1, 0.15) is 16.8 Å². The molecule has 7 heteroatoms. The molecule has 0 spiro atoms. The highest BCUT2D eigenvalue weighted by Gasteiger charge is 2.13. The number of rotatable bonds is 3.